The first-order valence-corrected chi connectivity index (χ1v) is 5.36. The summed E-state index contributed by atoms with van der Waals surface area (Å²) in [6.07, 6.45) is 0. The number of rotatable bonds is 2. The summed E-state index contributed by atoms with van der Waals surface area (Å²) in [5.41, 5.74) is -0.233. The van der Waals surface area contributed by atoms with E-state index in [1.165, 1.54) is 24.3 Å². The smallest absolute Gasteiger partial charge is 0.269 e. The predicted octanol–water partition coefficient (Wildman–Crippen LogP) is 2.35. The van der Waals surface area contributed by atoms with E-state index in [0.717, 1.165) is 0 Å². The minimum atomic E-state index is -0.529. The van der Waals surface area contributed by atoms with Crippen molar-refractivity contribution < 1.29 is 9.72 Å². The zero-order valence-electron chi connectivity index (χ0n) is 10.5. The van der Waals surface area contributed by atoms with E-state index in [4.69, 9.17) is 5.41 Å². The first-order valence-electron chi connectivity index (χ1n) is 5.36. The zero-order valence-corrected chi connectivity index (χ0v) is 10.5. The number of nitro benzene ring substituents is 1. The van der Waals surface area contributed by atoms with Gasteiger partial charge in [-0.2, -0.15) is 0 Å². The molecule has 6 heteroatoms. The Hall–Kier alpha value is -2.24. The zero-order chi connectivity index (χ0) is 13.9. The van der Waals surface area contributed by atoms with Gasteiger partial charge in [0.15, 0.2) is 0 Å². The van der Waals surface area contributed by atoms with Gasteiger partial charge in [-0.1, -0.05) is 20.8 Å². The molecule has 0 aliphatic heterocycles. The van der Waals surface area contributed by atoms with Gasteiger partial charge in [-0.15, -0.1) is 0 Å². The van der Waals surface area contributed by atoms with Gasteiger partial charge in [-0.3, -0.25) is 20.3 Å². The minimum Gasteiger partial charge on any atom is -0.310 e. The van der Waals surface area contributed by atoms with Crippen LogP contribution >= 0.6 is 0 Å². The van der Waals surface area contributed by atoms with Crippen molar-refractivity contribution in [2.45, 2.75) is 20.8 Å². The number of amides is 1. The van der Waals surface area contributed by atoms with Crippen LogP contribution in [0.5, 0.6) is 0 Å². The monoisotopic (exact) mass is 249 g/mol. The molecule has 0 bridgehead atoms. The lowest BCUT2D eigenvalue weighted by atomic mass is 9.95. The van der Waals surface area contributed by atoms with E-state index in [1.807, 2.05) is 20.8 Å². The van der Waals surface area contributed by atoms with E-state index in [9.17, 15) is 14.9 Å². The Bertz CT molecular complexity index is 486. The van der Waals surface area contributed by atoms with Crippen LogP contribution in [0.15, 0.2) is 24.3 Å². The number of hydrogen-bond acceptors (Lipinski definition) is 4. The Labute approximate surface area is 105 Å². The Morgan fingerprint density at radius 1 is 1.28 bits per heavy atom. The number of carbonyl (C=O) groups is 1. The van der Waals surface area contributed by atoms with Crippen LogP contribution in [0.25, 0.3) is 0 Å². The Morgan fingerprint density at radius 3 is 2.17 bits per heavy atom. The van der Waals surface area contributed by atoms with E-state index in [0.29, 0.717) is 0 Å². The molecule has 2 N–H and O–H groups in total. The Kier molecular flexibility index (Phi) is 3.80. The second kappa shape index (κ2) is 4.95. The standard InChI is InChI=1S/C12H15N3O3/c1-12(2,3)11(13)14-10(16)8-4-6-9(7-5-8)15(17)18/h4-7H,1-3H3,(H2,13,14,16). The molecule has 0 unspecified atom stereocenters. The summed E-state index contributed by atoms with van der Waals surface area (Å²) in [4.78, 5) is 21.7. The second-order valence-corrected chi connectivity index (χ2v) is 4.88. The number of nitro groups is 1. The lowest BCUT2D eigenvalue weighted by Gasteiger charge is -2.20. The van der Waals surface area contributed by atoms with Crippen LogP contribution in [0.2, 0.25) is 0 Å². The molecule has 1 amide bonds. The summed E-state index contributed by atoms with van der Waals surface area (Å²) in [6, 6.07) is 5.25. The maximum absolute atomic E-state index is 11.8. The molecule has 1 rings (SSSR count). The molecule has 96 valence electrons. The molecule has 0 atom stereocenters. The molecule has 6 nitrogen and oxygen atoms in total. The molecule has 0 aromatic heterocycles. The van der Waals surface area contributed by atoms with E-state index in [2.05, 4.69) is 5.32 Å². The summed E-state index contributed by atoms with van der Waals surface area (Å²) in [5.74, 6) is -0.337. The summed E-state index contributed by atoms with van der Waals surface area (Å²) in [6.45, 7) is 5.43. The summed E-state index contributed by atoms with van der Waals surface area (Å²) >= 11 is 0. The average molecular weight is 249 g/mol. The molecule has 18 heavy (non-hydrogen) atoms. The Balaban J connectivity index is 2.80. The fourth-order valence-electron chi connectivity index (χ4n) is 1.11. The molecular weight excluding hydrogens is 234 g/mol. The maximum atomic E-state index is 11.8. The largest absolute Gasteiger partial charge is 0.310 e. The first-order chi connectivity index (χ1) is 8.21. The van der Waals surface area contributed by atoms with Gasteiger partial charge in [0.25, 0.3) is 11.6 Å². The molecular formula is C12H15N3O3. The summed E-state index contributed by atoms with van der Waals surface area (Å²) in [5, 5.41) is 20.6. The first kappa shape index (κ1) is 13.8. The van der Waals surface area contributed by atoms with Crippen LogP contribution in [0.3, 0.4) is 0 Å². The van der Waals surface area contributed by atoms with E-state index in [-0.39, 0.29) is 17.1 Å². The van der Waals surface area contributed by atoms with Crippen molar-refractivity contribution >= 4 is 17.4 Å². The Morgan fingerprint density at radius 2 is 1.78 bits per heavy atom. The molecule has 0 heterocycles. The predicted molar refractivity (Wildman–Crippen MR) is 67.7 cm³/mol. The molecule has 0 fully saturated rings. The van der Waals surface area contributed by atoms with Crippen molar-refractivity contribution in [2.24, 2.45) is 5.41 Å². The van der Waals surface area contributed by atoms with Crippen molar-refractivity contribution in [2.75, 3.05) is 0 Å². The average Bonchev–Trinajstić information content (AvgIpc) is 2.27. The minimum absolute atomic E-state index is 0.0718. The van der Waals surface area contributed by atoms with Crippen LogP contribution in [0, 0.1) is 20.9 Å². The van der Waals surface area contributed by atoms with Gasteiger partial charge < -0.3 is 5.32 Å². The molecule has 0 spiro atoms. The molecule has 0 radical (unpaired) electrons. The lowest BCUT2D eigenvalue weighted by molar-refractivity contribution is -0.384. The van der Waals surface area contributed by atoms with Gasteiger partial charge in [-0.05, 0) is 12.1 Å². The van der Waals surface area contributed by atoms with Crippen molar-refractivity contribution in [3.8, 4) is 0 Å². The number of benzene rings is 1. The molecule has 0 saturated heterocycles. The molecule has 1 aromatic carbocycles. The third-order valence-corrected chi connectivity index (χ3v) is 2.33. The highest BCUT2D eigenvalue weighted by Crippen LogP contribution is 2.15. The van der Waals surface area contributed by atoms with Crippen molar-refractivity contribution in [3.05, 3.63) is 39.9 Å². The summed E-state index contributed by atoms with van der Waals surface area (Å²) < 4.78 is 0. The van der Waals surface area contributed by atoms with Crippen LogP contribution in [0.1, 0.15) is 31.1 Å². The fraction of sp³-hybridized carbons (Fsp3) is 0.333. The van der Waals surface area contributed by atoms with E-state index >= 15 is 0 Å². The van der Waals surface area contributed by atoms with Crippen LogP contribution in [-0.2, 0) is 0 Å². The van der Waals surface area contributed by atoms with Crippen molar-refractivity contribution in [1.82, 2.24) is 5.32 Å². The van der Waals surface area contributed by atoms with Gasteiger partial charge in [0, 0.05) is 23.1 Å². The van der Waals surface area contributed by atoms with Crippen LogP contribution < -0.4 is 5.32 Å². The van der Waals surface area contributed by atoms with Gasteiger partial charge >= 0.3 is 0 Å². The number of nitrogens with one attached hydrogen (secondary N) is 2. The highest BCUT2D eigenvalue weighted by atomic mass is 16.6. The number of hydrogen-bond donors (Lipinski definition) is 2. The normalized spacial score (nSPS) is 10.8. The fourth-order valence-corrected chi connectivity index (χ4v) is 1.11. The number of non-ortho nitro benzene ring substituents is 1. The maximum Gasteiger partial charge on any atom is 0.269 e. The van der Waals surface area contributed by atoms with Gasteiger partial charge in [0.05, 0.1) is 4.92 Å². The molecule has 0 aliphatic rings. The van der Waals surface area contributed by atoms with E-state index in [1.54, 1.807) is 0 Å². The lowest BCUT2D eigenvalue weighted by Crippen LogP contribution is -2.38. The molecule has 1 aromatic rings. The van der Waals surface area contributed by atoms with Gasteiger partial charge in [0.2, 0.25) is 0 Å². The third-order valence-electron chi connectivity index (χ3n) is 2.33. The quantitative estimate of drug-likeness (QED) is 0.364. The number of amidine groups is 1. The van der Waals surface area contributed by atoms with Crippen LogP contribution in [-0.4, -0.2) is 16.7 Å². The SMILES string of the molecule is CC(C)(C)C(=N)NC(=O)c1ccc([N+](=O)[O-])cc1. The molecule has 0 saturated carbocycles. The second-order valence-electron chi connectivity index (χ2n) is 4.88. The summed E-state index contributed by atoms with van der Waals surface area (Å²) in [7, 11) is 0. The van der Waals surface area contributed by atoms with E-state index < -0.39 is 16.2 Å². The number of carbonyl (C=O) groups excluding carboxylic acids is 1. The topological polar surface area (TPSA) is 96.1 Å². The highest BCUT2D eigenvalue weighted by molar-refractivity contribution is 6.06. The van der Waals surface area contributed by atoms with Gasteiger partial charge in [0.1, 0.15) is 5.84 Å². The van der Waals surface area contributed by atoms with Gasteiger partial charge in [-0.25, -0.2) is 0 Å². The highest BCUT2D eigenvalue weighted by Gasteiger charge is 2.20. The number of nitrogens with zero attached hydrogens (tertiary/aromatic N) is 1. The van der Waals surface area contributed by atoms with Crippen molar-refractivity contribution in [3.63, 3.8) is 0 Å². The molecule has 0 aliphatic carbocycles. The van der Waals surface area contributed by atoms with Crippen LogP contribution in [0.4, 0.5) is 5.69 Å². The third kappa shape index (κ3) is 3.38. The van der Waals surface area contributed by atoms with Crippen molar-refractivity contribution in [1.29, 1.82) is 5.41 Å².